The Bertz CT molecular complexity index is 591. The number of hydrogen-bond donors (Lipinski definition) is 2. The first-order valence-electron chi connectivity index (χ1n) is 10.2. The van der Waals surface area contributed by atoms with Crippen LogP contribution in [0.2, 0.25) is 0 Å². The van der Waals surface area contributed by atoms with Crippen LogP contribution >= 0.6 is 35.7 Å². The molecular weight excluding hydrogens is 485 g/mol. The van der Waals surface area contributed by atoms with Crippen LogP contribution in [0.15, 0.2) is 29.3 Å². The van der Waals surface area contributed by atoms with Gasteiger partial charge in [-0.3, -0.25) is 0 Å². The molecule has 7 heteroatoms. The van der Waals surface area contributed by atoms with E-state index in [0.717, 1.165) is 38.6 Å². The highest BCUT2D eigenvalue weighted by molar-refractivity contribution is 14.0. The Hall–Kier alpha value is -0.510. The Labute approximate surface area is 190 Å². The maximum Gasteiger partial charge on any atom is 0.191 e. The molecule has 2 heterocycles. The third-order valence-electron chi connectivity index (χ3n) is 4.91. The van der Waals surface area contributed by atoms with Crippen LogP contribution in [-0.4, -0.2) is 49.4 Å². The molecule has 2 saturated heterocycles. The molecule has 2 fully saturated rings. The number of thioether (sulfide) groups is 1. The highest BCUT2D eigenvalue weighted by atomic mass is 127. The molecule has 1 atom stereocenters. The van der Waals surface area contributed by atoms with Gasteiger partial charge in [-0.1, -0.05) is 24.3 Å². The first-order chi connectivity index (χ1) is 13.3. The summed E-state index contributed by atoms with van der Waals surface area (Å²) in [6, 6.07) is 9.12. The Morgan fingerprint density at radius 3 is 2.82 bits per heavy atom. The molecule has 158 valence electrons. The van der Waals surface area contributed by atoms with Crippen molar-refractivity contribution in [3.8, 4) is 0 Å². The van der Waals surface area contributed by atoms with Crippen molar-refractivity contribution in [2.45, 2.75) is 57.9 Å². The normalized spacial score (nSPS) is 21.0. The van der Waals surface area contributed by atoms with Gasteiger partial charge in [-0.15, -0.1) is 24.0 Å². The Kier molecular flexibility index (Phi) is 11.6. The summed E-state index contributed by atoms with van der Waals surface area (Å²) < 4.78 is 11.4. The zero-order valence-electron chi connectivity index (χ0n) is 16.8. The highest BCUT2D eigenvalue weighted by Crippen LogP contribution is 2.17. The van der Waals surface area contributed by atoms with Crippen molar-refractivity contribution >= 4 is 41.7 Å². The molecule has 0 amide bonds. The number of ether oxygens (including phenoxy) is 2. The third kappa shape index (κ3) is 8.47. The molecule has 1 aromatic rings. The van der Waals surface area contributed by atoms with Gasteiger partial charge in [0.2, 0.25) is 0 Å². The molecule has 0 saturated carbocycles. The van der Waals surface area contributed by atoms with Crippen LogP contribution < -0.4 is 10.6 Å². The second-order valence-electron chi connectivity index (χ2n) is 7.20. The molecule has 0 radical (unpaired) electrons. The van der Waals surface area contributed by atoms with Gasteiger partial charge >= 0.3 is 0 Å². The molecule has 28 heavy (non-hydrogen) atoms. The number of aliphatic imine (C=N–C) groups is 1. The number of nitrogens with zero attached hydrogens (tertiary/aromatic N) is 1. The quantitative estimate of drug-likeness (QED) is 0.325. The minimum atomic E-state index is 0. The van der Waals surface area contributed by atoms with Crippen LogP contribution in [0.3, 0.4) is 0 Å². The van der Waals surface area contributed by atoms with Crippen molar-refractivity contribution in [3.05, 3.63) is 35.4 Å². The molecule has 2 N–H and O–H groups in total. The van der Waals surface area contributed by atoms with Crippen LogP contribution in [0.4, 0.5) is 0 Å². The van der Waals surface area contributed by atoms with Gasteiger partial charge in [-0.05, 0) is 49.5 Å². The van der Waals surface area contributed by atoms with Crippen molar-refractivity contribution in [2.24, 2.45) is 4.99 Å². The Balaban J connectivity index is 0.00000280. The third-order valence-corrected chi connectivity index (χ3v) is 6.13. The van der Waals surface area contributed by atoms with Gasteiger partial charge < -0.3 is 20.1 Å². The Morgan fingerprint density at radius 1 is 1.25 bits per heavy atom. The molecule has 1 unspecified atom stereocenters. The van der Waals surface area contributed by atoms with Crippen LogP contribution in [0, 0.1) is 0 Å². The lowest BCUT2D eigenvalue weighted by Crippen LogP contribution is -2.45. The molecule has 0 aromatic heterocycles. The summed E-state index contributed by atoms with van der Waals surface area (Å²) in [5.74, 6) is 3.38. The van der Waals surface area contributed by atoms with Crippen molar-refractivity contribution in [3.63, 3.8) is 0 Å². The number of rotatable bonds is 7. The monoisotopic (exact) mass is 519 g/mol. The fourth-order valence-corrected chi connectivity index (χ4v) is 4.48. The summed E-state index contributed by atoms with van der Waals surface area (Å²) in [6.07, 6.45) is 4.86. The standard InChI is InChI=1S/C21H33N3O2S.HI/c1-2-22-21(24-19-7-4-12-27-16-19)23-14-17-5-3-6-18(13-17)15-26-20-8-10-25-11-9-20;/h3,5-6,13,19-20H,2,4,7-12,14-16H2,1H3,(H2,22,23,24);1H. The van der Waals surface area contributed by atoms with E-state index in [-0.39, 0.29) is 24.0 Å². The minimum Gasteiger partial charge on any atom is -0.381 e. The average molecular weight is 519 g/mol. The zero-order valence-corrected chi connectivity index (χ0v) is 20.0. The molecule has 0 aliphatic carbocycles. The molecule has 1 aromatic carbocycles. The van der Waals surface area contributed by atoms with Crippen molar-refractivity contribution in [1.82, 2.24) is 10.6 Å². The van der Waals surface area contributed by atoms with Crippen LogP contribution in [-0.2, 0) is 22.6 Å². The SMILES string of the molecule is CCNC(=NCc1cccc(COC2CCOCC2)c1)NC1CCCSC1.I. The minimum absolute atomic E-state index is 0. The maximum atomic E-state index is 6.05. The summed E-state index contributed by atoms with van der Waals surface area (Å²) in [5, 5.41) is 6.97. The molecule has 0 bridgehead atoms. The van der Waals surface area contributed by atoms with Crippen molar-refractivity contribution in [1.29, 1.82) is 0 Å². The number of hydrogen-bond acceptors (Lipinski definition) is 4. The van der Waals surface area contributed by atoms with Crippen LogP contribution in [0.1, 0.15) is 43.7 Å². The summed E-state index contributed by atoms with van der Waals surface area (Å²) in [4.78, 5) is 4.80. The van der Waals surface area contributed by atoms with E-state index in [2.05, 4.69) is 41.8 Å². The topological polar surface area (TPSA) is 54.9 Å². The van der Waals surface area contributed by atoms with Crippen molar-refractivity contribution in [2.75, 3.05) is 31.3 Å². The van der Waals surface area contributed by atoms with Crippen LogP contribution in [0.5, 0.6) is 0 Å². The first-order valence-corrected chi connectivity index (χ1v) is 11.4. The maximum absolute atomic E-state index is 6.05. The highest BCUT2D eigenvalue weighted by Gasteiger charge is 2.15. The summed E-state index contributed by atoms with van der Waals surface area (Å²) in [5.41, 5.74) is 2.44. The predicted octanol–water partition coefficient (Wildman–Crippen LogP) is 3.95. The summed E-state index contributed by atoms with van der Waals surface area (Å²) >= 11 is 2.03. The van der Waals surface area contributed by atoms with Gasteiger partial charge in [0.25, 0.3) is 0 Å². The van der Waals surface area contributed by atoms with E-state index in [1.165, 1.54) is 35.5 Å². The second kappa shape index (κ2) is 13.7. The predicted molar refractivity (Wildman–Crippen MR) is 129 cm³/mol. The number of nitrogens with one attached hydrogen (secondary N) is 2. The number of guanidine groups is 1. The van der Waals surface area contributed by atoms with E-state index >= 15 is 0 Å². The van der Waals surface area contributed by atoms with E-state index in [1.807, 2.05) is 11.8 Å². The summed E-state index contributed by atoms with van der Waals surface area (Å²) in [7, 11) is 0. The van der Waals surface area contributed by atoms with Gasteiger partial charge in [0, 0.05) is 31.6 Å². The van der Waals surface area contributed by atoms with Gasteiger partial charge in [0.05, 0.1) is 19.3 Å². The second-order valence-corrected chi connectivity index (χ2v) is 8.35. The van der Waals surface area contributed by atoms with Gasteiger partial charge in [0.1, 0.15) is 0 Å². The van der Waals surface area contributed by atoms with E-state index < -0.39 is 0 Å². The van der Waals surface area contributed by atoms with Gasteiger partial charge in [-0.25, -0.2) is 4.99 Å². The molecular formula is C21H34IN3O2S. The van der Waals surface area contributed by atoms with E-state index in [0.29, 0.717) is 25.3 Å². The average Bonchev–Trinajstić information content (AvgIpc) is 2.72. The largest absolute Gasteiger partial charge is 0.381 e. The van der Waals surface area contributed by atoms with Gasteiger partial charge in [0.15, 0.2) is 5.96 Å². The number of halogens is 1. The Morgan fingerprint density at radius 2 is 2.07 bits per heavy atom. The number of benzene rings is 1. The van der Waals surface area contributed by atoms with E-state index in [1.54, 1.807) is 0 Å². The van der Waals surface area contributed by atoms with Crippen molar-refractivity contribution < 1.29 is 9.47 Å². The smallest absolute Gasteiger partial charge is 0.191 e. The van der Waals surface area contributed by atoms with E-state index in [9.17, 15) is 0 Å². The van der Waals surface area contributed by atoms with Crippen LogP contribution in [0.25, 0.3) is 0 Å². The fraction of sp³-hybridized carbons (Fsp3) is 0.667. The first kappa shape index (κ1) is 23.8. The van der Waals surface area contributed by atoms with E-state index in [4.69, 9.17) is 14.5 Å². The lowest BCUT2D eigenvalue weighted by molar-refractivity contribution is -0.0390. The lowest BCUT2D eigenvalue weighted by Gasteiger charge is -2.24. The molecule has 2 aliphatic rings. The zero-order chi connectivity index (χ0) is 18.7. The fourth-order valence-electron chi connectivity index (χ4n) is 3.41. The molecule has 5 nitrogen and oxygen atoms in total. The molecule has 2 aliphatic heterocycles. The van der Waals surface area contributed by atoms with Gasteiger partial charge in [-0.2, -0.15) is 11.8 Å². The lowest BCUT2D eigenvalue weighted by atomic mass is 10.1. The summed E-state index contributed by atoms with van der Waals surface area (Å²) in [6.45, 7) is 5.98. The molecule has 3 rings (SSSR count). The molecule has 0 spiro atoms.